The summed E-state index contributed by atoms with van der Waals surface area (Å²) in [6.07, 6.45) is 1.49. The molecule has 0 fully saturated rings. The molecule has 1 aliphatic heterocycles. The van der Waals surface area contributed by atoms with Crippen molar-refractivity contribution in [2.24, 2.45) is 0 Å². The number of aliphatic carboxylic acids is 2. The van der Waals surface area contributed by atoms with E-state index in [4.69, 9.17) is 10.2 Å². The van der Waals surface area contributed by atoms with Crippen LogP contribution >= 0.6 is 0 Å². The number of nitrogens with one attached hydrogen (secondary N) is 1. The highest BCUT2D eigenvalue weighted by Gasteiger charge is 2.43. The number of rotatable bonds is 4. The largest absolute Gasteiger partial charge is 0.477 e. The third kappa shape index (κ3) is 1.82. The van der Waals surface area contributed by atoms with Crippen LogP contribution in [-0.4, -0.2) is 39.8 Å². The Kier molecular flexibility index (Phi) is 3.11. The molecular weight excluding hydrogens is 212 g/mol. The van der Waals surface area contributed by atoms with Gasteiger partial charge >= 0.3 is 11.9 Å². The second-order valence-electron chi connectivity index (χ2n) is 4.04. The minimum atomic E-state index is -1.25. The molecule has 1 unspecified atom stereocenters. The zero-order valence-electron chi connectivity index (χ0n) is 9.57. The highest BCUT2D eigenvalue weighted by atomic mass is 16.4. The molecule has 1 heterocycles. The monoisotopic (exact) mass is 228 g/mol. The Morgan fingerprint density at radius 2 is 1.94 bits per heavy atom. The van der Waals surface area contributed by atoms with Crippen molar-refractivity contribution in [1.82, 2.24) is 10.2 Å². The summed E-state index contributed by atoms with van der Waals surface area (Å²) in [6.45, 7) is 3.75. The second kappa shape index (κ2) is 4.03. The van der Waals surface area contributed by atoms with Crippen molar-refractivity contribution in [3.8, 4) is 0 Å². The fraction of sp³-hybridized carbons (Fsp3) is 0.600. The maximum Gasteiger partial charge on any atom is 0.354 e. The number of hydrogen-bond donors (Lipinski definition) is 3. The number of carbonyl (C=O) groups is 2. The maximum absolute atomic E-state index is 11.0. The van der Waals surface area contributed by atoms with Crippen LogP contribution in [0, 0.1) is 0 Å². The number of hydrogen-bond acceptors (Lipinski definition) is 4. The summed E-state index contributed by atoms with van der Waals surface area (Å²) in [4.78, 5) is 23.4. The van der Waals surface area contributed by atoms with E-state index in [-0.39, 0.29) is 11.4 Å². The van der Waals surface area contributed by atoms with Crippen molar-refractivity contribution < 1.29 is 19.8 Å². The van der Waals surface area contributed by atoms with Crippen LogP contribution in [0.5, 0.6) is 0 Å². The molecule has 0 bridgehead atoms. The van der Waals surface area contributed by atoms with Gasteiger partial charge in [0, 0.05) is 7.05 Å². The van der Waals surface area contributed by atoms with Gasteiger partial charge in [0.15, 0.2) is 11.4 Å². The van der Waals surface area contributed by atoms with Crippen LogP contribution in [-0.2, 0) is 9.59 Å². The summed E-state index contributed by atoms with van der Waals surface area (Å²) < 4.78 is 0. The third-order valence-corrected chi connectivity index (χ3v) is 2.86. The molecule has 0 spiro atoms. The second-order valence-corrected chi connectivity index (χ2v) is 4.04. The molecule has 0 aromatic carbocycles. The molecule has 6 nitrogen and oxygen atoms in total. The van der Waals surface area contributed by atoms with Crippen molar-refractivity contribution in [2.45, 2.75) is 32.4 Å². The lowest BCUT2D eigenvalue weighted by Crippen LogP contribution is -2.49. The van der Waals surface area contributed by atoms with Crippen molar-refractivity contribution in [3.63, 3.8) is 0 Å². The van der Waals surface area contributed by atoms with E-state index in [9.17, 15) is 9.59 Å². The molecule has 0 aliphatic carbocycles. The van der Waals surface area contributed by atoms with E-state index in [1.165, 1.54) is 4.90 Å². The van der Waals surface area contributed by atoms with E-state index in [0.717, 1.165) is 6.42 Å². The van der Waals surface area contributed by atoms with Crippen LogP contribution in [0.2, 0.25) is 0 Å². The van der Waals surface area contributed by atoms with Crippen LogP contribution in [0.15, 0.2) is 11.4 Å². The van der Waals surface area contributed by atoms with E-state index >= 15 is 0 Å². The summed E-state index contributed by atoms with van der Waals surface area (Å²) >= 11 is 0. The molecule has 0 saturated carbocycles. The van der Waals surface area contributed by atoms with E-state index in [0.29, 0.717) is 6.42 Å². The highest BCUT2D eigenvalue weighted by Crippen LogP contribution is 2.30. The molecule has 0 aromatic rings. The Morgan fingerprint density at radius 3 is 2.25 bits per heavy atom. The fourth-order valence-electron chi connectivity index (χ4n) is 1.95. The van der Waals surface area contributed by atoms with Crippen LogP contribution in [0.3, 0.4) is 0 Å². The van der Waals surface area contributed by atoms with Gasteiger partial charge in [-0.15, -0.1) is 0 Å². The lowest BCUT2D eigenvalue weighted by molar-refractivity contribution is -0.136. The lowest BCUT2D eigenvalue weighted by atomic mass is 10.1. The smallest absolute Gasteiger partial charge is 0.354 e. The third-order valence-electron chi connectivity index (χ3n) is 2.86. The first-order valence-electron chi connectivity index (χ1n) is 5.06. The van der Waals surface area contributed by atoms with E-state index in [2.05, 4.69) is 5.32 Å². The molecule has 6 heteroatoms. The van der Waals surface area contributed by atoms with Gasteiger partial charge in [0.05, 0.1) is 0 Å². The van der Waals surface area contributed by atoms with Gasteiger partial charge in [-0.1, -0.05) is 13.3 Å². The van der Waals surface area contributed by atoms with Crippen LogP contribution in [0.4, 0.5) is 0 Å². The van der Waals surface area contributed by atoms with Gasteiger partial charge in [-0.05, 0) is 13.3 Å². The van der Waals surface area contributed by atoms with Crippen LogP contribution in [0.1, 0.15) is 26.7 Å². The molecule has 0 amide bonds. The fourth-order valence-corrected chi connectivity index (χ4v) is 1.95. The minimum absolute atomic E-state index is 0.191. The molecule has 16 heavy (non-hydrogen) atoms. The van der Waals surface area contributed by atoms with Crippen molar-refractivity contribution in [2.75, 3.05) is 7.05 Å². The summed E-state index contributed by atoms with van der Waals surface area (Å²) in [5, 5.41) is 20.7. The quantitative estimate of drug-likeness (QED) is 0.646. The average molecular weight is 228 g/mol. The predicted molar refractivity (Wildman–Crippen MR) is 56.5 cm³/mol. The Hall–Kier alpha value is -1.72. The molecule has 0 aromatic heterocycles. The zero-order chi connectivity index (χ0) is 12.5. The Balaban J connectivity index is 3.13. The van der Waals surface area contributed by atoms with Crippen LogP contribution in [0.25, 0.3) is 0 Å². The minimum Gasteiger partial charge on any atom is -0.477 e. The van der Waals surface area contributed by atoms with Gasteiger partial charge in [0.2, 0.25) is 0 Å². The molecule has 1 rings (SSSR count). The summed E-state index contributed by atoms with van der Waals surface area (Å²) in [5.41, 5.74) is -1.08. The standard InChI is InChI=1S/C10H16N2O4/c1-4-5-10(2)11-6(8(13)14)7(9(15)16)12(10)3/h11H,4-5H2,1-3H3,(H,13,14)(H,15,16). The zero-order valence-corrected chi connectivity index (χ0v) is 9.57. The normalized spacial score (nSPS) is 24.6. The molecule has 3 N–H and O–H groups in total. The first-order chi connectivity index (χ1) is 7.33. The summed E-state index contributed by atoms with van der Waals surface area (Å²) in [6, 6.07) is 0. The highest BCUT2D eigenvalue weighted by molar-refractivity contribution is 5.99. The number of likely N-dealkylation sites (N-methyl/N-ethyl adjacent to an activating group) is 1. The summed E-state index contributed by atoms with van der Waals surface area (Å²) in [5.74, 6) is -2.48. The van der Waals surface area contributed by atoms with Gasteiger partial charge in [-0.3, -0.25) is 0 Å². The summed E-state index contributed by atoms with van der Waals surface area (Å²) in [7, 11) is 1.59. The van der Waals surface area contributed by atoms with Crippen molar-refractivity contribution in [1.29, 1.82) is 0 Å². The van der Waals surface area contributed by atoms with Gasteiger partial charge < -0.3 is 20.4 Å². The van der Waals surface area contributed by atoms with Gasteiger partial charge in [-0.25, -0.2) is 9.59 Å². The molecule has 1 atom stereocenters. The number of carboxylic acid groups (broad SMARTS) is 2. The van der Waals surface area contributed by atoms with Gasteiger partial charge in [0.1, 0.15) is 5.66 Å². The average Bonchev–Trinajstić information content (AvgIpc) is 2.40. The van der Waals surface area contributed by atoms with Gasteiger partial charge in [-0.2, -0.15) is 0 Å². The van der Waals surface area contributed by atoms with E-state index < -0.39 is 17.6 Å². The first-order valence-corrected chi connectivity index (χ1v) is 5.06. The van der Waals surface area contributed by atoms with E-state index in [1.54, 1.807) is 14.0 Å². The number of carboxylic acids is 2. The predicted octanol–water partition coefficient (Wildman–Crippen LogP) is 0.418. The Labute approximate surface area is 93.5 Å². The molecular formula is C10H16N2O4. The lowest BCUT2D eigenvalue weighted by Gasteiger charge is -2.34. The molecule has 0 radical (unpaired) electrons. The van der Waals surface area contributed by atoms with Gasteiger partial charge in [0.25, 0.3) is 0 Å². The molecule has 1 aliphatic rings. The van der Waals surface area contributed by atoms with E-state index in [1.807, 2.05) is 6.92 Å². The Morgan fingerprint density at radius 1 is 1.38 bits per heavy atom. The SMILES string of the molecule is CCCC1(C)NC(C(=O)O)=C(C(=O)O)N1C. The number of nitrogens with zero attached hydrogens (tertiary/aromatic N) is 1. The molecule has 0 saturated heterocycles. The maximum atomic E-state index is 11.0. The Bertz CT molecular complexity index is 364. The molecule has 90 valence electrons. The van der Waals surface area contributed by atoms with Crippen molar-refractivity contribution >= 4 is 11.9 Å². The topological polar surface area (TPSA) is 89.9 Å². The van der Waals surface area contributed by atoms with Crippen LogP contribution < -0.4 is 5.32 Å². The first kappa shape index (κ1) is 12.4. The van der Waals surface area contributed by atoms with Crippen molar-refractivity contribution in [3.05, 3.63) is 11.4 Å².